The first-order valence-electron chi connectivity index (χ1n) is 7.04. The summed E-state index contributed by atoms with van der Waals surface area (Å²) in [5, 5.41) is 0.686. The molecule has 6 nitrogen and oxygen atoms in total. The molecule has 3 heterocycles. The molecule has 0 amide bonds. The molecule has 1 aliphatic rings. The van der Waals surface area contributed by atoms with Crippen molar-refractivity contribution < 1.29 is 23.5 Å². The number of thiazole rings is 1. The molecular formula is C16H11NO5S. The van der Waals surface area contributed by atoms with E-state index >= 15 is 0 Å². The maximum Gasteiger partial charge on any atom is 0.375 e. The molecule has 3 aromatic rings. The number of rotatable bonds is 3. The Bertz CT molecular complexity index is 864. The van der Waals surface area contributed by atoms with E-state index in [1.165, 1.54) is 17.4 Å². The quantitative estimate of drug-likeness (QED) is 0.687. The summed E-state index contributed by atoms with van der Waals surface area (Å²) in [4.78, 5) is 27.8. The zero-order valence-electron chi connectivity index (χ0n) is 11.9. The van der Waals surface area contributed by atoms with Gasteiger partial charge in [0.1, 0.15) is 0 Å². The van der Waals surface area contributed by atoms with Crippen LogP contribution >= 0.6 is 11.3 Å². The van der Waals surface area contributed by atoms with Gasteiger partial charge in [0.05, 0.1) is 16.8 Å². The average molecular weight is 329 g/mol. The minimum Gasteiger partial charge on any atom is -0.463 e. The van der Waals surface area contributed by atoms with Crippen molar-refractivity contribution in [1.29, 1.82) is 0 Å². The summed E-state index contributed by atoms with van der Waals surface area (Å²) < 4.78 is 16.4. The molecule has 0 N–H and O–H groups in total. The molecule has 2 aromatic heterocycles. The summed E-state index contributed by atoms with van der Waals surface area (Å²) in [5.74, 6) is -0.663. The van der Waals surface area contributed by atoms with Crippen molar-refractivity contribution >= 4 is 33.5 Å². The van der Waals surface area contributed by atoms with E-state index in [4.69, 9.17) is 13.9 Å². The fourth-order valence-electron chi connectivity index (χ4n) is 2.31. The number of ether oxygens (including phenoxy) is 2. The van der Waals surface area contributed by atoms with Crippen LogP contribution in [0.1, 0.15) is 17.0 Å². The summed E-state index contributed by atoms with van der Waals surface area (Å²) in [6.45, 7) is 0.270. The molecule has 0 aliphatic carbocycles. The lowest BCUT2D eigenvalue weighted by atomic mass is 10.3. The topological polar surface area (TPSA) is 78.6 Å². The maximum atomic E-state index is 12.0. The third-order valence-corrected chi connectivity index (χ3v) is 4.50. The number of carbonyl (C=O) groups is 2. The number of esters is 2. The van der Waals surface area contributed by atoms with Crippen LogP contribution in [-0.2, 0) is 14.3 Å². The van der Waals surface area contributed by atoms with E-state index in [1.54, 1.807) is 6.07 Å². The second-order valence-corrected chi connectivity index (χ2v) is 6.03. The van der Waals surface area contributed by atoms with Crippen LogP contribution in [0.5, 0.6) is 0 Å². The Kier molecular flexibility index (Phi) is 3.34. The zero-order chi connectivity index (χ0) is 15.8. The number of furan rings is 1. The van der Waals surface area contributed by atoms with Crippen LogP contribution in [0.2, 0.25) is 0 Å². The summed E-state index contributed by atoms with van der Waals surface area (Å²) in [6.07, 6.45) is -0.478. The predicted octanol–water partition coefficient (Wildman–Crippen LogP) is 3.03. The van der Waals surface area contributed by atoms with Gasteiger partial charge in [0.2, 0.25) is 11.9 Å². The Morgan fingerprint density at radius 1 is 1.26 bits per heavy atom. The van der Waals surface area contributed by atoms with Crippen molar-refractivity contribution in [3.05, 3.63) is 42.2 Å². The molecule has 23 heavy (non-hydrogen) atoms. The van der Waals surface area contributed by atoms with Gasteiger partial charge in [-0.15, -0.1) is 11.3 Å². The molecule has 1 aliphatic heterocycles. The molecular weight excluding hydrogens is 318 g/mol. The van der Waals surface area contributed by atoms with Gasteiger partial charge in [0, 0.05) is 6.42 Å². The highest BCUT2D eigenvalue weighted by atomic mass is 32.1. The molecule has 1 atom stereocenters. The summed E-state index contributed by atoms with van der Waals surface area (Å²) in [6, 6.07) is 10.9. The highest BCUT2D eigenvalue weighted by Crippen LogP contribution is 2.31. The monoisotopic (exact) mass is 329 g/mol. The molecule has 1 saturated heterocycles. The summed E-state index contributed by atoms with van der Waals surface area (Å²) in [5.41, 5.74) is 0.877. The van der Waals surface area contributed by atoms with Gasteiger partial charge in [-0.3, -0.25) is 0 Å². The van der Waals surface area contributed by atoms with Gasteiger partial charge in [0.25, 0.3) is 0 Å². The molecule has 7 heteroatoms. The van der Waals surface area contributed by atoms with E-state index in [2.05, 4.69) is 4.98 Å². The van der Waals surface area contributed by atoms with Crippen LogP contribution in [0.3, 0.4) is 0 Å². The molecule has 0 spiro atoms. The third-order valence-electron chi connectivity index (χ3n) is 3.45. The number of fused-ring (bicyclic) bond motifs is 1. The lowest BCUT2D eigenvalue weighted by Gasteiger charge is -2.05. The highest BCUT2D eigenvalue weighted by Gasteiger charge is 2.31. The number of hydrogen-bond donors (Lipinski definition) is 0. The van der Waals surface area contributed by atoms with Crippen molar-refractivity contribution in [3.8, 4) is 10.8 Å². The Labute approximate surface area is 134 Å². The normalized spacial score (nSPS) is 17.4. The standard InChI is InChI=1S/C16H11NO5S/c18-15-12(7-8-20-15)22-16(19)11-6-5-10(21-11)14-17-9-3-1-2-4-13(9)23-14/h1-6,12H,7-8H2/t12-/m0/s1. The number of hydrogen-bond acceptors (Lipinski definition) is 7. The van der Waals surface area contributed by atoms with Gasteiger partial charge < -0.3 is 13.9 Å². The fraction of sp³-hybridized carbons (Fsp3) is 0.188. The Hall–Kier alpha value is -2.67. The van der Waals surface area contributed by atoms with Crippen LogP contribution in [0.25, 0.3) is 21.0 Å². The Morgan fingerprint density at radius 3 is 2.91 bits per heavy atom. The molecule has 0 unspecified atom stereocenters. The Morgan fingerprint density at radius 2 is 2.13 bits per heavy atom. The number of aromatic nitrogens is 1. The molecule has 4 rings (SSSR count). The molecule has 0 radical (unpaired) electrons. The molecule has 0 saturated carbocycles. The van der Waals surface area contributed by atoms with Crippen LogP contribution in [0, 0.1) is 0 Å². The van der Waals surface area contributed by atoms with Gasteiger partial charge >= 0.3 is 11.9 Å². The zero-order valence-corrected chi connectivity index (χ0v) is 12.7. The lowest BCUT2D eigenvalue weighted by molar-refractivity contribution is -0.145. The third kappa shape index (κ3) is 2.59. The molecule has 116 valence electrons. The molecule has 0 bridgehead atoms. The summed E-state index contributed by atoms with van der Waals surface area (Å²) >= 11 is 1.48. The van der Waals surface area contributed by atoms with Gasteiger partial charge in [-0.25, -0.2) is 14.6 Å². The number of benzene rings is 1. The minimum absolute atomic E-state index is 0.0407. The largest absolute Gasteiger partial charge is 0.463 e. The first-order chi connectivity index (χ1) is 11.2. The number of carbonyl (C=O) groups excluding carboxylic acids is 2. The average Bonchev–Trinajstić information content (AvgIpc) is 3.26. The van der Waals surface area contributed by atoms with Crippen molar-refractivity contribution in [2.75, 3.05) is 6.61 Å². The van der Waals surface area contributed by atoms with Crippen molar-refractivity contribution in [2.24, 2.45) is 0 Å². The Balaban J connectivity index is 1.56. The number of para-hydroxylation sites is 1. The van der Waals surface area contributed by atoms with Crippen molar-refractivity contribution in [2.45, 2.75) is 12.5 Å². The van der Waals surface area contributed by atoms with Gasteiger partial charge in [0.15, 0.2) is 10.8 Å². The van der Waals surface area contributed by atoms with E-state index in [9.17, 15) is 9.59 Å². The van der Waals surface area contributed by atoms with E-state index < -0.39 is 18.0 Å². The number of nitrogens with zero attached hydrogens (tertiary/aromatic N) is 1. The second-order valence-electron chi connectivity index (χ2n) is 5.00. The predicted molar refractivity (Wildman–Crippen MR) is 82.1 cm³/mol. The maximum absolute atomic E-state index is 12.0. The van der Waals surface area contributed by atoms with Crippen LogP contribution in [0.15, 0.2) is 40.8 Å². The number of cyclic esters (lactones) is 1. The second kappa shape index (κ2) is 5.51. The van der Waals surface area contributed by atoms with E-state index in [1.807, 2.05) is 24.3 Å². The lowest BCUT2D eigenvalue weighted by Crippen LogP contribution is -2.22. The van der Waals surface area contributed by atoms with Gasteiger partial charge in [-0.1, -0.05) is 12.1 Å². The highest BCUT2D eigenvalue weighted by molar-refractivity contribution is 7.21. The van der Waals surface area contributed by atoms with Gasteiger partial charge in [-0.05, 0) is 24.3 Å². The molecule has 1 fully saturated rings. The summed E-state index contributed by atoms with van der Waals surface area (Å²) in [7, 11) is 0. The van der Waals surface area contributed by atoms with E-state index in [0.29, 0.717) is 17.2 Å². The smallest absolute Gasteiger partial charge is 0.375 e. The van der Waals surface area contributed by atoms with E-state index in [0.717, 1.165) is 10.2 Å². The van der Waals surface area contributed by atoms with Crippen LogP contribution < -0.4 is 0 Å². The van der Waals surface area contributed by atoms with Gasteiger partial charge in [-0.2, -0.15) is 0 Å². The first-order valence-corrected chi connectivity index (χ1v) is 7.86. The van der Waals surface area contributed by atoms with Crippen molar-refractivity contribution in [3.63, 3.8) is 0 Å². The van der Waals surface area contributed by atoms with Crippen LogP contribution in [-0.4, -0.2) is 29.6 Å². The molecule has 1 aromatic carbocycles. The first kappa shape index (κ1) is 14.0. The fourth-order valence-corrected chi connectivity index (χ4v) is 3.24. The SMILES string of the molecule is O=C(O[C@H]1CCOC1=O)c1ccc(-c2nc3ccccc3s2)o1. The van der Waals surface area contributed by atoms with Crippen LogP contribution in [0.4, 0.5) is 0 Å². The minimum atomic E-state index is -0.849. The van der Waals surface area contributed by atoms with Crippen molar-refractivity contribution in [1.82, 2.24) is 4.98 Å². The van der Waals surface area contributed by atoms with E-state index in [-0.39, 0.29) is 12.4 Å².